The highest BCUT2D eigenvalue weighted by atomic mass is 19.1. The summed E-state index contributed by atoms with van der Waals surface area (Å²) in [6.07, 6.45) is 3.85. The Balaban J connectivity index is 1.72. The molecule has 3 atom stereocenters. The minimum absolute atomic E-state index is 0.296. The predicted molar refractivity (Wildman–Crippen MR) is 108 cm³/mol. The van der Waals surface area contributed by atoms with Gasteiger partial charge in [-0.05, 0) is 62.6 Å². The van der Waals surface area contributed by atoms with Crippen molar-refractivity contribution in [3.63, 3.8) is 0 Å². The largest absolute Gasteiger partial charge is 0.387 e. The van der Waals surface area contributed by atoms with Gasteiger partial charge in [-0.3, -0.25) is 9.88 Å². The van der Waals surface area contributed by atoms with Crippen molar-refractivity contribution in [1.29, 1.82) is 0 Å². The summed E-state index contributed by atoms with van der Waals surface area (Å²) in [6.45, 7) is 5.98. The van der Waals surface area contributed by atoms with Gasteiger partial charge >= 0.3 is 0 Å². The second kappa shape index (κ2) is 6.68. The number of pyridine rings is 1. The van der Waals surface area contributed by atoms with Crippen molar-refractivity contribution in [2.75, 3.05) is 13.1 Å². The minimum atomic E-state index is -1.03. The van der Waals surface area contributed by atoms with Crippen LogP contribution in [0.4, 0.5) is 4.39 Å². The first-order valence-corrected chi connectivity index (χ1v) is 10.1. The summed E-state index contributed by atoms with van der Waals surface area (Å²) in [7, 11) is 0. The molecule has 2 aliphatic rings. The molecule has 0 amide bonds. The molecular formula is C23H26FN3O. The van der Waals surface area contributed by atoms with E-state index in [1.165, 1.54) is 5.56 Å². The molecule has 0 saturated carbocycles. The molecule has 2 aromatic heterocycles. The topological polar surface area (TPSA) is 41.3 Å². The molecule has 1 N–H and O–H groups in total. The zero-order valence-electron chi connectivity index (χ0n) is 16.4. The zero-order valence-corrected chi connectivity index (χ0v) is 16.4. The normalized spacial score (nSPS) is 23.0. The Labute approximate surface area is 164 Å². The van der Waals surface area contributed by atoms with E-state index in [0.717, 1.165) is 52.7 Å². The number of hydrogen-bond acceptors (Lipinski definition) is 3. The van der Waals surface area contributed by atoms with Crippen LogP contribution in [0.2, 0.25) is 0 Å². The number of aliphatic hydroxyl groups is 1. The molecule has 1 fully saturated rings. The molecule has 0 bridgehead atoms. The van der Waals surface area contributed by atoms with E-state index in [9.17, 15) is 5.11 Å². The molecule has 0 radical (unpaired) electrons. The van der Waals surface area contributed by atoms with Gasteiger partial charge in [0.1, 0.15) is 0 Å². The Kier molecular flexibility index (Phi) is 4.25. The number of nitrogens with zero attached hydrogens (tertiary/aromatic N) is 3. The first-order chi connectivity index (χ1) is 13.5. The van der Waals surface area contributed by atoms with Crippen LogP contribution in [0, 0.1) is 13.8 Å². The summed E-state index contributed by atoms with van der Waals surface area (Å²) in [5.74, 6) is 0. The highest BCUT2D eigenvalue weighted by Gasteiger charge is 2.40. The number of aliphatic hydroxyl groups excluding tert-OH is 1. The Hall–Kier alpha value is -2.24. The van der Waals surface area contributed by atoms with Crippen molar-refractivity contribution in [2.24, 2.45) is 0 Å². The molecule has 2 aliphatic heterocycles. The van der Waals surface area contributed by atoms with Gasteiger partial charge in [0.15, 0.2) is 6.17 Å². The predicted octanol–water partition coefficient (Wildman–Crippen LogP) is 4.55. The molecule has 4 heterocycles. The van der Waals surface area contributed by atoms with Crippen LogP contribution < -0.4 is 0 Å². The smallest absolute Gasteiger partial charge is 0.153 e. The van der Waals surface area contributed by atoms with Crippen molar-refractivity contribution in [2.45, 2.75) is 51.6 Å². The Morgan fingerprint density at radius 1 is 1.25 bits per heavy atom. The molecule has 28 heavy (non-hydrogen) atoms. The van der Waals surface area contributed by atoms with Crippen LogP contribution in [0.15, 0.2) is 36.7 Å². The fourth-order valence-corrected chi connectivity index (χ4v) is 5.33. The standard InChI is InChI=1S/C23H26FN3O/c1-14-10-15(2)22-17(11-14)21-19-4-3-9-26(19)12-18(24)23(21)27(22)13-20(28)16-5-7-25-8-6-16/h5-8,10-11,18-20,28H,3-4,9,12-13H2,1-2H3. The first kappa shape index (κ1) is 17.8. The third-order valence-corrected chi connectivity index (χ3v) is 6.41. The number of hydrogen-bond donors (Lipinski definition) is 1. The number of benzene rings is 1. The Bertz CT molecular complexity index is 1030. The maximum Gasteiger partial charge on any atom is 0.153 e. The van der Waals surface area contributed by atoms with Gasteiger partial charge in [-0.1, -0.05) is 11.6 Å². The lowest BCUT2D eigenvalue weighted by molar-refractivity contribution is 0.135. The van der Waals surface area contributed by atoms with Crippen molar-refractivity contribution >= 4 is 10.9 Å². The molecular weight excluding hydrogens is 353 g/mol. The quantitative estimate of drug-likeness (QED) is 0.726. The average molecular weight is 379 g/mol. The van der Waals surface area contributed by atoms with Crippen LogP contribution in [-0.4, -0.2) is 32.6 Å². The van der Waals surface area contributed by atoms with E-state index in [-0.39, 0.29) is 0 Å². The summed E-state index contributed by atoms with van der Waals surface area (Å²) in [5.41, 5.74) is 6.15. The zero-order chi connectivity index (χ0) is 19.4. The molecule has 4 nitrogen and oxygen atoms in total. The fourth-order valence-electron chi connectivity index (χ4n) is 5.33. The number of aromatic nitrogens is 2. The fraction of sp³-hybridized carbons (Fsp3) is 0.435. The third-order valence-electron chi connectivity index (χ3n) is 6.41. The van der Waals surface area contributed by atoms with Crippen LogP contribution in [0.1, 0.15) is 59.1 Å². The number of fused-ring (bicyclic) bond motifs is 5. The van der Waals surface area contributed by atoms with Crippen molar-refractivity contribution in [1.82, 2.24) is 14.5 Å². The van der Waals surface area contributed by atoms with Crippen molar-refractivity contribution < 1.29 is 9.50 Å². The van der Waals surface area contributed by atoms with E-state index in [0.29, 0.717) is 19.1 Å². The van der Waals surface area contributed by atoms with Crippen LogP contribution in [-0.2, 0) is 6.54 Å². The van der Waals surface area contributed by atoms with Crippen LogP contribution in [0.3, 0.4) is 0 Å². The molecule has 0 spiro atoms. The van der Waals surface area contributed by atoms with E-state index < -0.39 is 12.3 Å². The van der Waals surface area contributed by atoms with E-state index in [2.05, 4.69) is 40.4 Å². The SMILES string of the molecule is Cc1cc(C)c2c(c1)c1c(n2CC(O)c2ccncc2)C(F)CN2CCCC12. The minimum Gasteiger partial charge on any atom is -0.387 e. The first-order valence-electron chi connectivity index (χ1n) is 10.1. The van der Waals surface area contributed by atoms with Gasteiger partial charge in [-0.25, -0.2) is 4.39 Å². The van der Waals surface area contributed by atoms with Crippen LogP contribution in [0.25, 0.3) is 10.9 Å². The molecule has 1 aromatic carbocycles. The highest BCUT2D eigenvalue weighted by molar-refractivity contribution is 5.90. The maximum atomic E-state index is 15.4. The Morgan fingerprint density at radius 3 is 2.82 bits per heavy atom. The molecule has 3 aromatic rings. The number of aryl methyl sites for hydroxylation is 2. The third kappa shape index (κ3) is 2.68. The number of rotatable bonds is 3. The van der Waals surface area contributed by atoms with Crippen molar-refractivity contribution in [3.05, 3.63) is 64.6 Å². The summed E-state index contributed by atoms with van der Waals surface area (Å²) in [5, 5.41) is 12.1. The van der Waals surface area contributed by atoms with Crippen LogP contribution >= 0.6 is 0 Å². The molecule has 1 saturated heterocycles. The summed E-state index contributed by atoms with van der Waals surface area (Å²) < 4.78 is 17.5. The van der Waals surface area contributed by atoms with Gasteiger partial charge in [0.2, 0.25) is 0 Å². The van der Waals surface area contributed by atoms with Gasteiger partial charge < -0.3 is 9.67 Å². The molecule has 3 unspecified atom stereocenters. The second-order valence-corrected chi connectivity index (χ2v) is 8.30. The van der Waals surface area contributed by atoms with E-state index in [1.54, 1.807) is 12.4 Å². The van der Waals surface area contributed by atoms with Crippen LogP contribution in [0.5, 0.6) is 0 Å². The number of halogens is 1. The molecule has 5 rings (SSSR count). The molecule has 0 aliphatic carbocycles. The maximum absolute atomic E-state index is 15.4. The molecule has 5 heteroatoms. The summed E-state index contributed by atoms with van der Waals surface area (Å²) in [4.78, 5) is 6.33. The van der Waals surface area contributed by atoms with Gasteiger partial charge in [0.05, 0.1) is 23.9 Å². The summed E-state index contributed by atoms with van der Waals surface area (Å²) in [6, 6.07) is 8.30. The number of alkyl halides is 1. The van der Waals surface area contributed by atoms with E-state index in [1.807, 2.05) is 12.1 Å². The lowest BCUT2D eigenvalue weighted by Gasteiger charge is -2.33. The van der Waals surface area contributed by atoms with E-state index in [4.69, 9.17) is 0 Å². The molecule has 146 valence electrons. The Morgan fingerprint density at radius 2 is 2.04 bits per heavy atom. The van der Waals surface area contributed by atoms with E-state index >= 15 is 4.39 Å². The van der Waals surface area contributed by atoms with Gasteiger partial charge in [0, 0.05) is 35.9 Å². The average Bonchev–Trinajstić information content (AvgIpc) is 3.25. The van der Waals surface area contributed by atoms with Crippen molar-refractivity contribution in [3.8, 4) is 0 Å². The lowest BCUT2D eigenvalue weighted by Crippen LogP contribution is -2.33. The monoisotopic (exact) mass is 379 g/mol. The van der Waals surface area contributed by atoms with Gasteiger partial charge in [-0.15, -0.1) is 0 Å². The van der Waals surface area contributed by atoms with Gasteiger partial charge in [-0.2, -0.15) is 0 Å². The van der Waals surface area contributed by atoms with Gasteiger partial charge in [0.25, 0.3) is 0 Å². The highest BCUT2D eigenvalue weighted by Crippen LogP contribution is 2.48. The summed E-state index contributed by atoms with van der Waals surface area (Å²) >= 11 is 0. The second-order valence-electron chi connectivity index (χ2n) is 8.30. The lowest BCUT2D eigenvalue weighted by atomic mass is 9.94.